The van der Waals surface area contributed by atoms with Crippen molar-refractivity contribution in [3.8, 4) is 0 Å². The zero-order valence-electron chi connectivity index (χ0n) is 15.8. The second-order valence-corrected chi connectivity index (χ2v) is 8.84. The molecule has 2 aromatic rings. The van der Waals surface area contributed by atoms with E-state index in [0.29, 0.717) is 10.6 Å². The van der Waals surface area contributed by atoms with E-state index in [4.69, 9.17) is 16.3 Å². The van der Waals surface area contributed by atoms with Gasteiger partial charge in [0.05, 0.1) is 28.9 Å². The van der Waals surface area contributed by atoms with Gasteiger partial charge < -0.3 is 15.4 Å². The van der Waals surface area contributed by atoms with Crippen molar-refractivity contribution in [2.75, 3.05) is 12.4 Å². The van der Waals surface area contributed by atoms with E-state index in [2.05, 4.69) is 10.6 Å². The molecule has 0 spiro atoms. The van der Waals surface area contributed by atoms with Crippen LogP contribution in [0.5, 0.6) is 0 Å². The third-order valence-corrected chi connectivity index (χ3v) is 6.23. The molecule has 158 valence electrons. The number of hydrogen-bond acceptors (Lipinski definition) is 5. The fourth-order valence-electron chi connectivity index (χ4n) is 3.03. The smallest absolute Gasteiger partial charge is 0.338 e. The van der Waals surface area contributed by atoms with Gasteiger partial charge in [-0.15, -0.1) is 0 Å². The van der Waals surface area contributed by atoms with Gasteiger partial charge in [0, 0.05) is 10.7 Å². The minimum absolute atomic E-state index is 0.0515. The van der Waals surface area contributed by atoms with Crippen molar-refractivity contribution < 1.29 is 27.1 Å². The van der Waals surface area contributed by atoms with Crippen molar-refractivity contribution >= 4 is 33.4 Å². The van der Waals surface area contributed by atoms with Crippen LogP contribution >= 0.6 is 11.6 Å². The lowest BCUT2D eigenvalue weighted by atomic mass is 9.95. The summed E-state index contributed by atoms with van der Waals surface area (Å²) < 4.78 is 43.9. The number of urea groups is 1. The van der Waals surface area contributed by atoms with Gasteiger partial charge in [-0.3, -0.25) is 0 Å². The Morgan fingerprint density at radius 2 is 1.90 bits per heavy atom. The average Bonchev–Trinajstić information content (AvgIpc) is 2.67. The van der Waals surface area contributed by atoms with Crippen LogP contribution in [0, 0.1) is 5.82 Å². The second kappa shape index (κ2) is 8.85. The van der Waals surface area contributed by atoms with Crippen LogP contribution in [0.1, 0.15) is 18.5 Å². The molecule has 10 heteroatoms. The van der Waals surface area contributed by atoms with Crippen LogP contribution < -0.4 is 10.6 Å². The van der Waals surface area contributed by atoms with Crippen LogP contribution in [-0.2, 0) is 19.4 Å². The molecule has 1 aliphatic rings. The first kappa shape index (κ1) is 21.8. The highest BCUT2D eigenvalue weighted by Crippen LogP contribution is 2.30. The van der Waals surface area contributed by atoms with Crippen molar-refractivity contribution in [1.29, 1.82) is 0 Å². The molecule has 0 aromatic heterocycles. The number of nitrogens with one attached hydrogen (secondary N) is 2. The number of carbonyl (C=O) groups excluding carboxylic acids is 2. The molecule has 2 amide bonds. The lowest BCUT2D eigenvalue weighted by Crippen LogP contribution is -2.47. The standard InChI is InChI=1S/C20H18ClFN2O5S/c1-2-29-19(25)17-16(11-30(27,28)15-8-6-14(22)7-9-15)23-20(26)24-18(17)12-4-3-5-13(21)10-12/h3-10,18H,2,11H2,1H3,(H2,23,24,26)/t18-/m0/s1. The minimum Gasteiger partial charge on any atom is -0.463 e. The molecule has 0 saturated carbocycles. The van der Waals surface area contributed by atoms with E-state index in [1.807, 2.05) is 0 Å². The van der Waals surface area contributed by atoms with Gasteiger partial charge in [-0.1, -0.05) is 23.7 Å². The van der Waals surface area contributed by atoms with Crippen LogP contribution in [0.4, 0.5) is 9.18 Å². The van der Waals surface area contributed by atoms with Gasteiger partial charge in [0.25, 0.3) is 0 Å². The highest BCUT2D eigenvalue weighted by molar-refractivity contribution is 7.91. The summed E-state index contributed by atoms with van der Waals surface area (Å²) in [6, 6.07) is 9.10. The molecule has 0 fully saturated rings. The topological polar surface area (TPSA) is 102 Å². The van der Waals surface area contributed by atoms with E-state index in [9.17, 15) is 22.4 Å². The number of esters is 1. The van der Waals surface area contributed by atoms with Crippen LogP contribution in [0.15, 0.2) is 64.7 Å². The number of sulfone groups is 1. The Hall–Kier alpha value is -2.91. The Kier molecular flexibility index (Phi) is 6.42. The SMILES string of the molecule is CCOC(=O)C1=C(CS(=O)(=O)c2ccc(F)cc2)NC(=O)N[C@H]1c1cccc(Cl)c1. The second-order valence-electron chi connectivity index (χ2n) is 6.41. The number of ether oxygens (including phenoxy) is 1. The van der Waals surface area contributed by atoms with Gasteiger partial charge in [0.15, 0.2) is 9.84 Å². The molecule has 0 radical (unpaired) electrons. The van der Waals surface area contributed by atoms with E-state index >= 15 is 0 Å². The highest BCUT2D eigenvalue weighted by atomic mass is 35.5. The first-order valence-electron chi connectivity index (χ1n) is 8.92. The molecule has 3 rings (SSSR count). The number of rotatable bonds is 6. The maximum absolute atomic E-state index is 13.2. The van der Waals surface area contributed by atoms with E-state index in [1.54, 1.807) is 31.2 Å². The van der Waals surface area contributed by atoms with Gasteiger partial charge in [-0.2, -0.15) is 0 Å². The molecular weight excluding hydrogens is 435 g/mol. The Morgan fingerprint density at radius 1 is 1.20 bits per heavy atom. The summed E-state index contributed by atoms with van der Waals surface area (Å²) in [6.45, 7) is 1.66. The van der Waals surface area contributed by atoms with E-state index in [-0.39, 0.29) is 22.8 Å². The van der Waals surface area contributed by atoms with Crippen molar-refractivity contribution in [3.63, 3.8) is 0 Å². The Balaban J connectivity index is 2.10. The number of amides is 2. The van der Waals surface area contributed by atoms with Crippen LogP contribution in [-0.4, -0.2) is 32.8 Å². The maximum Gasteiger partial charge on any atom is 0.338 e. The van der Waals surface area contributed by atoms with Crippen molar-refractivity contribution in [3.05, 3.63) is 76.2 Å². The summed E-state index contributed by atoms with van der Waals surface area (Å²) in [4.78, 5) is 24.8. The van der Waals surface area contributed by atoms with Crippen molar-refractivity contribution in [1.82, 2.24) is 10.6 Å². The molecule has 1 aliphatic heterocycles. The van der Waals surface area contributed by atoms with E-state index in [0.717, 1.165) is 24.3 Å². The highest BCUT2D eigenvalue weighted by Gasteiger charge is 2.35. The maximum atomic E-state index is 13.2. The Bertz CT molecular complexity index is 1120. The molecule has 2 N–H and O–H groups in total. The van der Waals surface area contributed by atoms with Crippen molar-refractivity contribution in [2.45, 2.75) is 17.9 Å². The Morgan fingerprint density at radius 3 is 2.53 bits per heavy atom. The molecular formula is C20H18ClFN2O5S. The monoisotopic (exact) mass is 452 g/mol. The predicted octanol–water partition coefficient (Wildman–Crippen LogP) is 3.12. The minimum atomic E-state index is -4.00. The fraction of sp³-hybridized carbons (Fsp3) is 0.200. The Labute approximate surface area is 177 Å². The quantitative estimate of drug-likeness (QED) is 0.518. The lowest BCUT2D eigenvalue weighted by molar-refractivity contribution is -0.139. The van der Waals surface area contributed by atoms with Gasteiger partial charge in [-0.05, 0) is 48.9 Å². The number of carbonyl (C=O) groups is 2. The summed E-state index contributed by atoms with van der Waals surface area (Å²) in [7, 11) is -4.00. The molecule has 0 unspecified atom stereocenters. The summed E-state index contributed by atoms with van der Waals surface area (Å²) in [5, 5.41) is 5.38. The molecule has 0 saturated heterocycles. The molecule has 0 aliphatic carbocycles. The van der Waals surface area contributed by atoms with E-state index in [1.165, 1.54) is 0 Å². The van der Waals surface area contributed by atoms with Gasteiger partial charge in [0.1, 0.15) is 5.82 Å². The third-order valence-electron chi connectivity index (χ3n) is 4.34. The number of hydrogen-bond donors (Lipinski definition) is 2. The number of benzene rings is 2. The molecule has 0 bridgehead atoms. The summed E-state index contributed by atoms with van der Waals surface area (Å²) in [6.07, 6.45) is 0. The normalized spacial score (nSPS) is 16.6. The third kappa shape index (κ3) is 4.80. The van der Waals surface area contributed by atoms with Crippen molar-refractivity contribution in [2.24, 2.45) is 0 Å². The van der Waals surface area contributed by atoms with Gasteiger partial charge in [-0.25, -0.2) is 22.4 Å². The van der Waals surface area contributed by atoms with Gasteiger partial charge >= 0.3 is 12.0 Å². The van der Waals surface area contributed by atoms with Crippen LogP contribution in [0.2, 0.25) is 5.02 Å². The molecule has 2 aromatic carbocycles. The average molecular weight is 453 g/mol. The zero-order chi connectivity index (χ0) is 21.9. The molecule has 30 heavy (non-hydrogen) atoms. The largest absolute Gasteiger partial charge is 0.463 e. The van der Waals surface area contributed by atoms with E-state index < -0.39 is 39.4 Å². The summed E-state index contributed by atoms with van der Waals surface area (Å²) >= 11 is 6.04. The fourth-order valence-corrected chi connectivity index (χ4v) is 4.56. The molecule has 7 nitrogen and oxygen atoms in total. The van der Waals surface area contributed by atoms with Crippen LogP contribution in [0.25, 0.3) is 0 Å². The number of halogens is 2. The van der Waals surface area contributed by atoms with Gasteiger partial charge in [0.2, 0.25) is 0 Å². The first-order chi connectivity index (χ1) is 14.2. The first-order valence-corrected chi connectivity index (χ1v) is 11.0. The lowest BCUT2D eigenvalue weighted by Gasteiger charge is -2.29. The molecule has 1 heterocycles. The predicted molar refractivity (Wildman–Crippen MR) is 108 cm³/mol. The van der Waals surface area contributed by atoms with Crippen LogP contribution in [0.3, 0.4) is 0 Å². The summed E-state index contributed by atoms with van der Waals surface area (Å²) in [5.74, 6) is -2.05. The molecule has 1 atom stereocenters. The zero-order valence-corrected chi connectivity index (χ0v) is 17.4. The summed E-state index contributed by atoms with van der Waals surface area (Å²) in [5.41, 5.74) is 0.313.